The standard InChI is InChI=1S/C11H11Cl2N5O/c1-17-9(6-3-4-7(12)8(13)5-6)15-10(18(2)14)16-11(17)19/h3-5H,14H2,1-2H3. The van der Waals surface area contributed by atoms with Crippen LogP contribution in [0.25, 0.3) is 11.4 Å². The van der Waals surface area contributed by atoms with Crippen molar-refractivity contribution < 1.29 is 0 Å². The SMILES string of the molecule is CN(N)c1nc(-c2ccc(Cl)c(Cl)c2)n(C)c(=O)n1. The van der Waals surface area contributed by atoms with Crippen LogP contribution in [0.2, 0.25) is 10.0 Å². The molecule has 0 saturated carbocycles. The maximum atomic E-state index is 11.8. The minimum Gasteiger partial charge on any atom is -0.282 e. The minimum atomic E-state index is -0.455. The maximum Gasteiger partial charge on any atom is 0.352 e. The van der Waals surface area contributed by atoms with E-state index in [1.165, 1.54) is 9.58 Å². The predicted molar refractivity (Wildman–Crippen MR) is 75.3 cm³/mol. The zero-order valence-electron chi connectivity index (χ0n) is 10.3. The normalized spacial score (nSPS) is 10.6. The van der Waals surface area contributed by atoms with E-state index in [-0.39, 0.29) is 5.95 Å². The monoisotopic (exact) mass is 299 g/mol. The van der Waals surface area contributed by atoms with Crippen LogP contribution in [0.15, 0.2) is 23.0 Å². The van der Waals surface area contributed by atoms with Gasteiger partial charge in [0, 0.05) is 19.7 Å². The van der Waals surface area contributed by atoms with Gasteiger partial charge in [-0.1, -0.05) is 23.2 Å². The van der Waals surface area contributed by atoms with E-state index < -0.39 is 5.69 Å². The Kier molecular flexibility index (Phi) is 3.75. The minimum absolute atomic E-state index is 0.129. The Balaban J connectivity index is 2.67. The fourth-order valence-corrected chi connectivity index (χ4v) is 1.80. The van der Waals surface area contributed by atoms with Gasteiger partial charge in [-0.3, -0.25) is 9.58 Å². The molecule has 0 atom stereocenters. The summed E-state index contributed by atoms with van der Waals surface area (Å²) in [7, 11) is 3.12. The molecule has 1 aromatic carbocycles. The van der Waals surface area contributed by atoms with Crippen LogP contribution in [0.3, 0.4) is 0 Å². The molecule has 0 aliphatic rings. The van der Waals surface area contributed by atoms with Gasteiger partial charge in [-0.05, 0) is 18.2 Å². The fraction of sp³-hybridized carbons (Fsp3) is 0.182. The third kappa shape index (κ3) is 2.70. The molecule has 2 aromatic rings. The maximum absolute atomic E-state index is 11.8. The number of halogens is 2. The Morgan fingerprint density at radius 2 is 1.95 bits per heavy atom. The quantitative estimate of drug-likeness (QED) is 0.671. The van der Waals surface area contributed by atoms with Crippen LogP contribution in [0, 0.1) is 0 Å². The van der Waals surface area contributed by atoms with Gasteiger partial charge < -0.3 is 0 Å². The first-order valence-electron chi connectivity index (χ1n) is 5.29. The number of anilines is 1. The zero-order chi connectivity index (χ0) is 14.2. The van der Waals surface area contributed by atoms with Crippen molar-refractivity contribution in [3.05, 3.63) is 38.7 Å². The van der Waals surface area contributed by atoms with E-state index in [1.807, 2.05) is 0 Å². The van der Waals surface area contributed by atoms with E-state index in [4.69, 9.17) is 29.0 Å². The predicted octanol–water partition coefficient (Wildman–Crippen LogP) is 1.46. The van der Waals surface area contributed by atoms with E-state index in [0.29, 0.717) is 21.4 Å². The summed E-state index contributed by atoms with van der Waals surface area (Å²) in [4.78, 5) is 19.7. The van der Waals surface area contributed by atoms with Gasteiger partial charge in [-0.25, -0.2) is 10.6 Å². The Morgan fingerprint density at radius 3 is 2.53 bits per heavy atom. The number of hydrazine groups is 1. The lowest BCUT2D eigenvalue weighted by Crippen LogP contribution is -2.32. The third-order valence-corrected chi connectivity index (χ3v) is 3.24. The van der Waals surface area contributed by atoms with Crippen molar-refractivity contribution in [3.63, 3.8) is 0 Å². The summed E-state index contributed by atoms with van der Waals surface area (Å²) in [6.45, 7) is 0. The van der Waals surface area contributed by atoms with Crippen LogP contribution in [-0.2, 0) is 7.05 Å². The van der Waals surface area contributed by atoms with Crippen molar-refractivity contribution >= 4 is 29.2 Å². The summed E-state index contributed by atoms with van der Waals surface area (Å²) in [5, 5.41) is 1.98. The van der Waals surface area contributed by atoms with E-state index in [0.717, 1.165) is 0 Å². The molecular weight excluding hydrogens is 289 g/mol. The molecule has 2 rings (SSSR count). The van der Waals surface area contributed by atoms with Crippen molar-refractivity contribution in [1.29, 1.82) is 0 Å². The van der Waals surface area contributed by atoms with E-state index in [2.05, 4.69) is 9.97 Å². The molecule has 0 aliphatic heterocycles. The van der Waals surface area contributed by atoms with Crippen molar-refractivity contribution in [3.8, 4) is 11.4 Å². The largest absolute Gasteiger partial charge is 0.352 e. The van der Waals surface area contributed by atoms with Crippen molar-refractivity contribution in [2.75, 3.05) is 12.1 Å². The molecule has 19 heavy (non-hydrogen) atoms. The Labute approximate surface area is 119 Å². The highest BCUT2D eigenvalue weighted by atomic mass is 35.5. The summed E-state index contributed by atoms with van der Waals surface area (Å²) in [5.41, 5.74) is 0.197. The molecule has 0 amide bonds. The highest BCUT2D eigenvalue weighted by Gasteiger charge is 2.12. The van der Waals surface area contributed by atoms with Crippen molar-refractivity contribution in [2.45, 2.75) is 0 Å². The second-order valence-electron chi connectivity index (χ2n) is 3.93. The molecule has 0 aliphatic carbocycles. The molecule has 1 heterocycles. The smallest absolute Gasteiger partial charge is 0.282 e. The van der Waals surface area contributed by atoms with Gasteiger partial charge in [0.25, 0.3) is 0 Å². The third-order valence-electron chi connectivity index (χ3n) is 2.50. The summed E-state index contributed by atoms with van der Waals surface area (Å²) < 4.78 is 1.31. The van der Waals surface area contributed by atoms with Gasteiger partial charge in [-0.2, -0.15) is 9.97 Å². The summed E-state index contributed by atoms with van der Waals surface area (Å²) in [6.07, 6.45) is 0. The first kappa shape index (κ1) is 13.8. The lowest BCUT2D eigenvalue weighted by atomic mass is 10.2. The number of nitrogens with zero attached hydrogens (tertiary/aromatic N) is 4. The van der Waals surface area contributed by atoms with Crippen molar-refractivity contribution in [1.82, 2.24) is 14.5 Å². The Hall–Kier alpha value is -1.63. The van der Waals surface area contributed by atoms with Crippen LogP contribution in [0.1, 0.15) is 0 Å². The van der Waals surface area contributed by atoms with Gasteiger partial charge >= 0.3 is 5.69 Å². The lowest BCUT2D eigenvalue weighted by Gasteiger charge is -2.13. The molecule has 2 N–H and O–H groups in total. The number of benzene rings is 1. The summed E-state index contributed by atoms with van der Waals surface area (Å²) >= 11 is 11.8. The molecule has 0 spiro atoms. The van der Waals surface area contributed by atoms with Gasteiger partial charge in [0.1, 0.15) is 5.82 Å². The van der Waals surface area contributed by atoms with E-state index in [9.17, 15) is 4.79 Å². The van der Waals surface area contributed by atoms with Crippen molar-refractivity contribution in [2.24, 2.45) is 12.9 Å². The molecule has 0 fully saturated rings. The van der Waals surface area contributed by atoms with E-state index in [1.54, 1.807) is 32.3 Å². The second kappa shape index (κ2) is 5.16. The molecule has 8 heteroatoms. The first-order chi connectivity index (χ1) is 8.90. The topological polar surface area (TPSA) is 77.0 Å². The summed E-state index contributed by atoms with van der Waals surface area (Å²) in [6, 6.07) is 4.99. The highest BCUT2D eigenvalue weighted by Crippen LogP contribution is 2.27. The van der Waals surface area contributed by atoms with Crippen LogP contribution < -0.4 is 16.5 Å². The van der Waals surface area contributed by atoms with Crippen LogP contribution in [0.4, 0.5) is 5.95 Å². The average molecular weight is 300 g/mol. The molecule has 0 unspecified atom stereocenters. The number of rotatable bonds is 2. The molecule has 100 valence electrons. The molecular formula is C11H11Cl2N5O. The van der Waals surface area contributed by atoms with Gasteiger partial charge in [-0.15, -0.1) is 0 Å². The lowest BCUT2D eigenvalue weighted by molar-refractivity contribution is 0.765. The van der Waals surface area contributed by atoms with Crippen LogP contribution >= 0.6 is 23.2 Å². The number of aromatic nitrogens is 3. The van der Waals surface area contributed by atoms with Gasteiger partial charge in [0.2, 0.25) is 5.95 Å². The second-order valence-corrected chi connectivity index (χ2v) is 4.74. The fourth-order valence-electron chi connectivity index (χ4n) is 1.50. The highest BCUT2D eigenvalue weighted by molar-refractivity contribution is 6.42. The Morgan fingerprint density at radius 1 is 1.26 bits per heavy atom. The molecule has 0 radical (unpaired) electrons. The van der Waals surface area contributed by atoms with Crippen LogP contribution in [-0.4, -0.2) is 21.6 Å². The van der Waals surface area contributed by atoms with Gasteiger partial charge in [0.15, 0.2) is 0 Å². The number of nitrogens with two attached hydrogens (primary N) is 1. The zero-order valence-corrected chi connectivity index (χ0v) is 11.8. The Bertz CT molecular complexity index is 683. The van der Waals surface area contributed by atoms with E-state index >= 15 is 0 Å². The molecule has 0 bridgehead atoms. The molecule has 6 nitrogen and oxygen atoms in total. The first-order valence-corrected chi connectivity index (χ1v) is 6.04. The number of hydrogen-bond acceptors (Lipinski definition) is 5. The van der Waals surface area contributed by atoms with Gasteiger partial charge in [0.05, 0.1) is 10.0 Å². The number of hydrogen-bond donors (Lipinski definition) is 1. The molecule has 0 saturated heterocycles. The summed E-state index contributed by atoms with van der Waals surface area (Å²) in [5.74, 6) is 6.08. The molecule has 1 aromatic heterocycles. The van der Waals surface area contributed by atoms with Crippen LogP contribution in [0.5, 0.6) is 0 Å². The average Bonchev–Trinajstić information content (AvgIpc) is 2.35.